The predicted molar refractivity (Wildman–Crippen MR) is 104 cm³/mol. The molecule has 5 nitrogen and oxygen atoms in total. The molecule has 0 fully saturated rings. The molecule has 2 aromatic carbocycles. The molecule has 0 unspecified atom stereocenters. The molecule has 0 saturated heterocycles. The minimum Gasteiger partial charge on any atom is -0.506 e. The monoisotopic (exact) mass is 365 g/mol. The number of anilines is 1. The Morgan fingerprint density at radius 2 is 1.93 bits per heavy atom. The van der Waals surface area contributed by atoms with Crippen molar-refractivity contribution >= 4 is 11.6 Å². The third kappa shape index (κ3) is 4.50. The van der Waals surface area contributed by atoms with Crippen molar-refractivity contribution in [2.45, 2.75) is 33.3 Å². The number of amides is 1. The van der Waals surface area contributed by atoms with Crippen LogP contribution in [0.5, 0.6) is 11.5 Å². The summed E-state index contributed by atoms with van der Waals surface area (Å²) in [5, 5.41) is 12.4. The summed E-state index contributed by atoms with van der Waals surface area (Å²) in [6.07, 6.45) is 0. The molecule has 0 aliphatic rings. The first-order valence-electron chi connectivity index (χ1n) is 8.85. The molecular weight excluding hydrogens is 342 g/mol. The van der Waals surface area contributed by atoms with Gasteiger partial charge in [-0.05, 0) is 54.3 Å². The molecular formula is C22H23NO4. The second kappa shape index (κ2) is 7.99. The average molecular weight is 365 g/mol. The van der Waals surface area contributed by atoms with E-state index in [0.29, 0.717) is 17.4 Å². The predicted octanol–water partition coefficient (Wildman–Crippen LogP) is 5.25. The zero-order chi connectivity index (χ0) is 19.4. The summed E-state index contributed by atoms with van der Waals surface area (Å²) in [4.78, 5) is 12.3. The Bertz CT molecular complexity index is 943. The fourth-order valence-corrected chi connectivity index (χ4v) is 2.73. The summed E-state index contributed by atoms with van der Waals surface area (Å²) in [5.74, 6) is 1.44. The number of carbonyl (C=O) groups excluding carboxylic acids is 1. The number of hydrogen-bond acceptors (Lipinski definition) is 4. The Morgan fingerprint density at radius 3 is 2.67 bits per heavy atom. The van der Waals surface area contributed by atoms with Gasteiger partial charge < -0.3 is 19.6 Å². The van der Waals surface area contributed by atoms with Crippen molar-refractivity contribution in [3.63, 3.8) is 0 Å². The number of furan rings is 1. The zero-order valence-electron chi connectivity index (χ0n) is 15.7. The maximum absolute atomic E-state index is 12.3. The molecule has 1 amide bonds. The Morgan fingerprint density at radius 1 is 1.15 bits per heavy atom. The first kappa shape index (κ1) is 18.6. The first-order valence-corrected chi connectivity index (χ1v) is 8.85. The highest BCUT2D eigenvalue weighted by Crippen LogP contribution is 2.28. The molecule has 3 aromatic rings. The molecule has 5 heteroatoms. The second-order valence-electron chi connectivity index (χ2n) is 6.72. The van der Waals surface area contributed by atoms with Crippen molar-refractivity contribution in [3.8, 4) is 11.5 Å². The summed E-state index contributed by atoms with van der Waals surface area (Å²) in [7, 11) is 0. The number of nitrogens with one attached hydrogen (secondary N) is 1. The number of phenols is 1. The maximum Gasteiger partial charge on any atom is 0.291 e. The molecule has 2 N–H and O–H groups in total. The molecule has 3 rings (SSSR count). The van der Waals surface area contributed by atoms with Gasteiger partial charge in [-0.15, -0.1) is 0 Å². The number of aryl methyl sites for hydroxylation is 1. The van der Waals surface area contributed by atoms with E-state index in [-0.39, 0.29) is 18.1 Å². The van der Waals surface area contributed by atoms with E-state index < -0.39 is 5.91 Å². The normalized spacial score (nSPS) is 10.8. The quantitative estimate of drug-likeness (QED) is 0.585. The smallest absolute Gasteiger partial charge is 0.291 e. The van der Waals surface area contributed by atoms with Gasteiger partial charge in [0, 0.05) is 0 Å². The number of para-hydroxylation sites is 2. The lowest BCUT2D eigenvalue weighted by Gasteiger charge is -2.14. The fraction of sp³-hybridized carbons (Fsp3) is 0.227. The lowest BCUT2D eigenvalue weighted by Crippen LogP contribution is -2.10. The lowest BCUT2D eigenvalue weighted by atomic mass is 10.0. The van der Waals surface area contributed by atoms with Gasteiger partial charge >= 0.3 is 0 Å². The van der Waals surface area contributed by atoms with Gasteiger partial charge in [0.1, 0.15) is 23.9 Å². The standard InChI is InChI=1S/C22H23NO4/c1-14(2)17-10-8-15(3)12-21(17)26-13-16-9-11-20(27-16)22(25)23-18-6-4-5-7-19(18)24/h4-12,14,24H,13H2,1-3H3,(H,23,25). The van der Waals surface area contributed by atoms with Crippen LogP contribution in [-0.2, 0) is 6.61 Å². The largest absolute Gasteiger partial charge is 0.506 e. The summed E-state index contributed by atoms with van der Waals surface area (Å²) in [6, 6.07) is 16.0. The number of ether oxygens (including phenoxy) is 1. The summed E-state index contributed by atoms with van der Waals surface area (Å²) < 4.78 is 11.5. The highest BCUT2D eigenvalue weighted by atomic mass is 16.5. The Kier molecular flexibility index (Phi) is 5.50. The number of phenolic OH excluding ortho intramolecular Hbond substituents is 1. The number of hydrogen-bond donors (Lipinski definition) is 2. The summed E-state index contributed by atoms with van der Waals surface area (Å²) in [6.45, 7) is 6.48. The van der Waals surface area contributed by atoms with Crippen LogP contribution >= 0.6 is 0 Å². The Balaban J connectivity index is 1.67. The van der Waals surface area contributed by atoms with Crippen LogP contribution in [0.3, 0.4) is 0 Å². The topological polar surface area (TPSA) is 71.7 Å². The third-order valence-electron chi connectivity index (χ3n) is 4.20. The van der Waals surface area contributed by atoms with Gasteiger partial charge in [0.05, 0.1) is 5.69 Å². The van der Waals surface area contributed by atoms with E-state index in [2.05, 4.69) is 31.3 Å². The van der Waals surface area contributed by atoms with Crippen molar-refractivity contribution in [1.82, 2.24) is 0 Å². The number of carbonyl (C=O) groups is 1. The van der Waals surface area contributed by atoms with Crippen LogP contribution in [0.15, 0.2) is 59.0 Å². The summed E-state index contributed by atoms with van der Waals surface area (Å²) in [5.41, 5.74) is 2.58. The summed E-state index contributed by atoms with van der Waals surface area (Å²) >= 11 is 0. The lowest BCUT2D eigenvalue weighted by molar-refractivity contribution is 0.0992. The van der Waals surface area contributed by atoms with Crippen LogP contribution in [-0.4, -0.2) is 11.0 Å². The zero-order valence-corrected chi connectivity index (χ0v) is 15.7. The minimum atomic E-state index is -0.429. The van der Waals surface area contributed by atoms with Gasteiger partial charge in [-0.1, -0.05) is 38.1 Å². The van der Waals surface area contributed by atoms with Gasteiger partial charge in [-0.25, -0.2) is 0 Å². The fourth-order valence-electron chi connectivity index (χ4n) is 2.73. The molecule has 1 aromatic heterocycles. The molecule has 0 atom stereocenters. The molecule has 140 valence electrons. The number of benzene rings is 2. The number of rotatable bonds is 6. The van der Waals surface area contributed by atoms with Crippen molar-refractivity contribution in [1.29, 1.82) is 0 Å². The van der Waals surface area contributed by atoms with Gasteiger partial charge in [0.15, 0.2) is 5.76 Å². The van der Waals surface area contributed by atoms with Gasteiger partial charge in [-0.2, -0.15) is 0 Å². The molecule has 0 aliphatic heterocycles. The highest BCUT2D eigenvalue weighted by Gasteiger charge is 2.14. The first-order chi connectivity index (χ1) is 12.9. The van der Waals surface area contributed by atoms with E-state index in [9.17, 15) is 9.90 Å². The average Bonchev–Trinajstić information content (AvgIpc) is 3.11. The van der Waals surface area contributed by atoms with Crippen molar-refractivity contribution in [2.75, 3.05) is 5.32 Å². The minimum absolute atomic E-state index is 0.00150. The van der Waals surface area contributed by atoms with E-state index in [0.717, 1.165) is 16.9 Å². The molecule has 1 heterocycles. The van der Waals surface area contributed by atoms with Gasteiger partial charge in [0.25, 0.3) is 5.91 Å². The molecule has 0 spiro atoms. The van der Waals surface area contributed by atoms with E-state index in [1.54, 1.807) is 30.3 Å². The maximum atomic E-state index is 12.3. The van der Waals surface area contributed by atoms with Gasteiger partial charge in [0.2, 0.25) is 0 Å². The molecule has 0 saturated carbocycles. The van der Waals surface area contributed by atoms with E-state index >= 15 is 0 Å². The van der Waals surface area contributed by atoms with Crippen LogP contribution in [0.4, 0.5) is 5.69 Å². The van der Waals surface area contributed by atoms with Crippen LogP contribution in [0, 0.1) is 6.92 Å². The number of aromatic hydroxyl groups is 1. The van der Waals surface area contributed by atoms with Crippen molar-refractivity contribution in [3.05, 3.63) is 77.2 Å². The van der Waals surface area contributed by atoms with Crippen LogP contribution in [0.25, 0.3) is 0 Å². The van der Waals surface area contributed by atoms with Gasteiger partial charge in [-0.3, -0.25) is 4.79 Å². The van der Waals surface area contributed by atoms with Crippen LogP contribution in [0.2, 0.25) is 0 Å². The molecule has 0 radical (unpaired) electrons. The van der Waals surface area contributed by atoms with E-state index in [4.69, 9.17) is 9.15 Å². The Labute approximate surface area is 158 Å². The van der Waals surface area contributed by atoms with Crippen LogP contribution in [0.1, 0.15) is 47.2 Å². The van der Waals surface area contributed by atoms with Crippen molar-refractivity contribution < 1.29 is 19.1 Å². The SMILES string of the molecule is Cc1ccc(C(C)C)c(OCc2ccc(C(=O)Nc3ccccc3O)o2)c1. The van der Waals surface area contributed by atoms with E-state index in [1.807, 2.05) is 13.0 Å². The van der Waals surface area contributed by atoms with E-state index in [1.165, 1.54) is 6.07 Å². The molecule has 0 bridgehead atoms. The second-order valence-corrected chi connectivity index (χ2v) is 6.72. The molecule has 0 aliphatic carbocycles. The van der Waals surface area contributed by atoms with Crippen LogP contribution < -0.4 is 10.1 Å². The Hall–Kier alpha value is -3.21. The third-order valence-corrected chi connectivity index (χ3v) is 4.20. The van der Waals surface area contributed by atoms with Crippen molar-refractivity contribution in [2.24, 2.45) is 0 Å². The molecule has 27 heavy (non-hydrogen) atoms. The highest BCUT2D eigenvalue weighted by molar-refractivity contribution is 6.03.